The largest absolute Gasteiger partial charge is 0.378 e. The van der Waals surface area contributed by atoms with Gasteiger partial charge in [-0.1, -0.05) is 106 Å². The van der Waals surface area contributed by atoms with E-state index >= 15 is 0 Å². The molecule has 0 amide bonds. The third kappa shape index (κ3) is 8.89. The van der Waals surface area contributed by atoms with Crippen molar-refractivity contribution in [2.24, 2.45) is 11.8 Å². The molecule has 0 unspecified atom stereocenters. The standard InChI is InChI=1S/C33H46Br2O3/c1-4-36-29(21-32-23(2)30(34)19-27(37-32)17-15-25-11-7-5-8-12-25)22-33-24(3)31(35)20-28(38-33)18-16-26-13-9-6-10-14-26/h5-14,23-24,27-33H,4,15-22H2,1-3H3/t23-,24-,27-,28-,30+,31+,32+,33+/m1/s1. The first kappa shape index (κ1) is 30.2. The molecule has 2 aromatic rings. The van der Waals surface area contributed by atoms with Gasteiger partial charge < -0.3 is 14.2 Å². The van der Waals surface area contributed by atoms with Gasteiger partial charge >= 0.3 is 0 Å². The highest BCUT2D eigenvalue weighted by atomic mass is 79.9. The molecular weight excluding hydrogens is 604 g/mol. The van der Waals surface area contributed by atoms with E-state index in [0.717, 1.165) is 58.0 Å². The van der Waals surface area contributed by atoms with Gasteiger partial charge in [0, 0.05) is 29.1 Å². The molecule has 8 atom stereocenters. The van der Waals surface area contributed by atoms with E-state index in [-0.39, 0.29) is 30.5 Å². The van der Waals surface area contributed by atoms with Crippen LogP contribution in [0.3, 0.4) is 0 Å². The minimum Gasteiger partial charge on any atom is -0.378 e. The third-order valence-corrected chi connectivity index (χ3v) is 11.0. The van der Waals surface area contributed by atoms with Crippen LogP contribution in [0.25, 0.3) is 0 Å². The van der Waals surface area contributed by atoms with Gasteiger partial charge in [-0.15, -0.1) is 0 Å². The van der Waals surface area contributed by atoms with Crippen molar-refractivity contribution in [3.63, 3.8) is 0 Å². The molecule has 0 saturated carbocycles. The Morgan fingerprint density at radius 3 is 1.55 bits per heavy atom. The van der Waals surface area contributed by atoms with Crippen molar-refractivity contribution < 1.29 is 14.2 Å². The van der Waals surface area contributed by atoms with Crippen molar-refractivity contribution in [3.8, 4) is 0 Å². The second-order valence-electron chi connectivity index (χ2n) is 11.4. The lowest BCUT2D eigenvalue weighted by Gasteiger charge is -2.42. The fourth-order valence-electron chi connectivity index (χ4n) is 6.09. The molecule has 38 heavy (non-hydrogen) atoms. The highest BCUT2D eigenvalue weighted by Crippen LogP contribution is 2.38. The number of alkyl halides is 2. The summed E-state index contributed by atoms with van der Waals surface area (Å²) in [5, 5.41) is 0. The van der Waals surface area contributed by atoms with E-state index in [1.807, 2.05) is 0 Å². The van der Waals surface area contributed by atoms with Crippen molar-refractivity contribution >= 4 is 31.9 Å². The highest BCUT2D eigenvalue weighted by Gasteiger charge is 2.39. The van der Waals surface area contributed by atoms with Crippen molar-refractivity contribution in [2.45, 2.75) is 112 Å². The predicted molar refractivity (Wildman–Crippen MR) is 164 cm³/mol. The molecule has 2 saturated heterocycles. The number of ether oxygens (including phenoxy) is 3. The Hall–Kier alpha value is -0.720. The van der Waals surface area contributed by atoms with E-state index in [1.165, 1.54) is 11.1 Å². The Balaban J connectivity index is 1.34. The Kier molecular flexibility index (Phi) is 12.2. The van der Waals surface area contributed by atoms with Crippen LogP contribution < -0.4 is 0 Å². The summed E-state index contributed by atoms with van der Waals surface area (Å²) in [6.07, 6.45) is 9.32. The maximum atomic E-state index is 6.75. The van der Waals surface area contributed by atoms with Crippen LogP contribution in [0.1, 0.15) is 70.4 Å². The molecule has 5 heteroatoms. The monoisotopic (exact) mass is 648 g/mol. The van der Waals surface area contributed by atoms with Gasteiger partial charge in [0.1, 0.15) is 0 Å². The number of rotatable bonds is 12. The first-order valence-corrected chi connectivity index (χ1v) is 16.5. The summed E-state index contributed by atoms with van der Waals surface area (Å²) in [6, 6.07) is 21.5. The molecule has 210 valence electrons. The van der Waals surface area contributed by atoms with Crippen LogP contribution in [0.4, 0.5) is 0 Å². The minimum atomic E-state index is 0.139. The summed E-state index contributed by atoms with van der Waals surface area (Å²) < 4.78 is 19.9. The van der Waals surface area contributed by atoms with Gasteiger partial charge in [0.05, 0.1) is 30.5 Å². The zero-order valence-electron chi connectivity index (χ0n) is 23.3. The molecule has 2 heterocycles. The van der Waals surface area contributed by atoms with Crippen LogP contribution >= 0.6 is 31.9 Å². The molecule has 3 nitrogen and oxygen atoms in total. The molecular formula is C33H46Br2O3. The first-order chi connectivity index (χ1) is 18.4. The Labute approximate surface area is 247 Å². The van der Waals surface area contributed by atoms with E-state index in [2.05, 4.69) is 113 Å². The molecule has 0 spiro atoms. The van der Waals surface area contributed by atoms with Crippen LogP contribution in [-0.4, -0.2) is 46.8 Å². The average Bonchev–Trinajstić information content (AvgIpc) is 2.93. The lowest BCUT2D eigenvalue weighted by molar-refractivity contribution is -0.125. The van der Waals surface area contributed by atoms with E-state index < -0.39 is 0 Å². The first-order valence-electron chi connectivity index (χ1n) is 14.7. The lowest BCUT2D eigenvalue weighted by Crippen LogP contribution is -2.45. The predicted octanol–water partition coefficient (Wildman–Crippen LogP) is 8.55. The second kappa shape index (κ2) is 15.3. The summed E-state index contributed by atoms with van der Waals surface area (Å²) >= 11 is 8.00. The van der Waals surface area contributed by atoms with Crippen molar-refractivity contribution in [1.29, 1.82) is 0 Å². The van der Waals surface area contributed by atoms with Gasteiger partial charge in [0.2, 0.25) is 0 Å². The fraction of sp³-hybridized carbons (Fsp3) is 0.636. The fourth-order valence-corrected chi connectivity index (χ4v) is 7.61. The smallest absolute Gasteiger partial charge is 0.0639 e. The highest BCUT2D eigenvalue weighted by molar-refractivity contribution is 9.09. The summed E-state index contributed by atoms with van der Waals surface area (Å²) in [5.41, 5.74) is 2.78. The third-order valence-electron chi connectivity index (χ3n) is 8.61. The van der Waals surface area contributed by atoms with Crippen LogP contribution in [0.5, 0.6) is 0 Å². The molecule has 0 bridgehead atoms. The molecule has 4 rings (SSSR count). The second-order valence-corrected chi connectivity index (χ2v) is 13.8. The van der Waals surface area contributed by atoms with Gasteiger partial charge in [-0.3, -0.25) is 0 Å². The van der Waals surface area contributed by atoms with Gasteiger partial charge in [-0.2, -0.15) is 0 Å². The molecule has 0 N–H and O–H groups in total. The number of halogens is 2. The van der Waals surface area contributed by atoms with Crippen molar-refractivity contribution in [1.82, 2.24) is 0 Å². The Morgan fingerprint density at radius 2 is 1.16 bits per heavy atom. The number of hydrogen-bond acceptors (Lipinski definition) is 3. The topological polar surface area (TPSA) is 27.7 Å². The number of hydrogen-bond donors (Lipinski definition) is 0. The molecule has 0 aliphatic carbocycles. The normalized spacial score (nSPS) is 31.9. The number of benzene rings is 2. The minimum absolute atomic E-state index is 0.139. The summed E-state index contributed by atoms with van der Waals surface area (Å²) in [5.74, 6) is 0.913. The molecule has 2 fully saturated rings. The summed E-state index contributed by atoms with van der Waals surface area (Å²) in [6.45, 7) is 7.48. The van der Waals surface area contributed by atoms with Gasteiger partial charge in [-0.25, -0.2) is 0 Å². The summed E-state index contributed by atoms with van der Waals surface area (Å²) in [4.78, 5) is 0.951. The maximum absolute atomic E-state index is 6.75. The van der Waals surface area contributed by atoms with Gasteiger partial charge in [0.15, 0.2) is 0 Å². The zero-order chi connectivity index (χ0) is 26.9. The van der Waals surface area contributed by atoms with Gasteiger partial charge in [-0.05, 0) is 68.4 Å². The Bertz CT molecular complexity index is 853. The maximum Gasteiger partial charge on any atom is 0.0639 e. The van der Waals surface area contributed by atoms with E-state index in [4.69, 9.17) is 14.2 Å². The van der Waals surface area contributed by atoms with Crippen molar-refractivity contribution in [3.05, 3.63) is 71.8 Å². The summed E-state index contributed by atoms with van der Waals surface area (Å²) in [7, 11) is 0. The lowest BCUT2D eigenvalue weighted by atomic mass is 9.85. The number of aryl methyl sites for hydroxylation is 2. The van der Waals surface area contributed by atoms with Crippen LogP contribution in [0.2, 0.25) is 0 Å². The van der Waals surface area contributed by atoms with E-state index in [9.17, 15) is 0 Å². The molecule has 2 aliphatic heterocycles. The SMILES string of the molecule is CCOC(C[C@@H]1O[C@H](CCc2ccccc2)C[C@H](Br)[C@H]1C)C[C@@H]1O[C@H](CCc2ccccc2)C[C@H](Br)[C@H]1C. The molecule has 2 aliphatic rings. The average molecular weight is 651 g/mol. The van der Waals surface area contributed by atoms with E-state index in [0.29, 0.717) is 21.5 Å². The van der Waals surface area contributed by atoms with E-state index in [1.54, 1.807) is 0 Å². The molecule has 2 aromatic carbocycles. The molecule has 0 aromatic heterocycles. The van der Waals surface area contributed by atoms with Gasteiger partial charge in [0.25, 0.3) is 0 Å². The van der Waals surface area contributed by atoms with Crippen LogP contribution in [-0.2, 0) is 27.1 Å². The zero-order valence-corrected chi connectivity index (χ0v) is 26.5. The van der Waals surface area contributed by atoms with Crippen LogP contribution in [0, 0.1) is 11.8 Å². The van der Waals surface area contributed by atoms with Crippen LogP contribution in [0.15, 0.2) is 60.7 Å². The Morgan fingerprint density at radius 1 is 0.737 bits per heavy atom. The molecule has 0 radical (unpaired) electrons. The quantitative estimate of drug-likeness (QED) is 0.216. The van der Waals surface area contributed by atoms with Crippen molar-refractivity contribution in [2.75, 3.05) is 6.61 Å².